The summed E-state index contributed by atoms with van der Waals surface area (Å²) in [4.78, 5) is 0. The van der Waals surface area contributed by atoms with Crippen molar-refractivity contribution in [3.8, 4) is 0 Å². The van der Waals surface area contributed by atoms with Crippen LogP contribution in [0.4, 0.5) is 0 Å². The lowest BCUT2D eigenvalue weighted by Crippen LogP contribution is -2.12. The summed E-state index contributed by atoms with van der Waals surface area (Å²) in [5, 5.41) is 4.31. The number of hydrogen-bond acceptors (Lipinski definition) is 0. The van der Waals surface area contributed by atoms with E-state index in [4.69, 9.17) is 0 Å². The molecule has 0 bridgehead atoms. The van der Waals surface area contributed by atoms with E-state index in [1.165, 1.54) is 22.5 Å². The Morgan fingerprint density at radius 3 is 2.15 bits per heavy atom. The van der Waals surface area contributed by atoms with Gasteiger partial charge in [-0.1, -0.05) is 66.7 Å². The average molecular weight is 279 g/mol. The second kappa shape index (κ2) is 5.38. The average Bonchev–Trinajstić information content (AvgIpc) is 2.47. The van der Waals surface area contributed by atoms with Crippen LogP contribution in [-0.2, 0) is 6.16 Å². The Morgan fingerprint density at radius 1 is 0.700 bits per heavy atom. The predicted octanol–water partition coefficient (Wildman–Crippen LogP) is 4.94. The first-order valence-corrected chi connectivity index (χ1v) is 9.89. The zero-order valence-electron chi connectivity index (χ0n) is 12.1. The fourth-order valence-electron chi connectivity index (χ4n) is 2.86. The van der Waals surface area contributed by atoms with Crippen molar-refractivity contribution in [3.05, 3.63) is 78.4 Å². The summed E-state index contributed by atoms with van der Waals surface area (Å²) in [6.45, 7) is 4.89. The minimum absolute atomic E-state index is 1.16. The molecule has 0 saturated heterocycles. The van der Waals surface area contributed by atoms with Crippen molar-refractivity contribution in [1.29, 1.82) is 0 Å². The Labute approximate surface area is 121 Å². The first-order chi connectivity index (χ1) is 9.67. The Bertz CT molecular complexity index is 709. The highest BCUT2D eigenvalue weighted by Crippen LogP contribution is 2.54. The van der Waals surface area contributed by atoms with E-state index in [1.807, 2.05) is 0 Å². The zero-order valence-corrected chi connectivity index (χ0v) is 13.0. The van der Waals surface area contributed by atoms with E-state index < -0.39 is 7.26 Å². The molecular formula is C19H20P+. The molecule has 0 aliphatic heterocycles. The molecule has 0 fully saturated rings. The summed E-state index contributed by atoms with van der Waals surface area (Å²) in [5.74, 6) is 0. The van der Waals surface area contributed by atoms with Crippen LogP contribution in [0, 0.1) is 0 Å². The van der Waals surface area contributed by atoms with Gasteiger partial charge in [0, 0.05) is 12.6 Å². The molecule has 3 aromatic carbocycles. The van der Waals surface area contributed by atoms with Gasteiger partial charge in [0.25, 0.3) is 0 Å². The van der Waals surface area contributed by atoms with Crippen molar-refractivity contribution in [1.82, 2.24) is 0 Å². The molecule has 0 aromatic heterocycles. The quantitative estimate of drug-likeness (QED) is 0.595. The molecule has 0 aliphatic rings. The summed E-state index contributed by atoms with van der Waals surface area (Å²) >= 11 is 0. The van der Waals surface area contributed by atoms with E-state index >= 15 is 0 Å². The molecule has 0 saturated carbocycles. The van der Waals surface area contributed by atoms with Crippen molar-refractivity contribution in [2.45, 2.75) is 6.16 Å². The molecule has 0 radical (unpaired) electrons. The Kier molecular flexibility index (Phi) is 3.59. The fourth-order valence-corrected chi connectivity index (χ4v) is 5.50. The van der Waals surface area contributed by atoms with Crippen LogP contribution in [0.2, 0.25) is 0 Å². The molecule has 0 N–H and O–H groups in total. The summed E-state index contributed by atoms with van der Waals surface area (Å²) in [5.41, 5.74) is 1.44. The van der Waals surface area contributed by atoms with E-state index in [0.29, 0.717) is 0 Å². The van der Waals surface area contributed by atoms with Crippen LogP contribution in [0.5, 0.6) is 0 Å². The van der Waals surface area contributed by atoms with Gasteiger partial charge in [0.05, 0.1) is 19.5 Å². The van der Waals surface area contributed by atoms with Crippen molar-refractivity contribution in [3.63, 3.8) is 0 Å². The van der Waals surface area contributed by atoms with Gasteiger partial charge in [-0.15, -0.1) is 0 Å². The number of fused-ring (bicyclic) bond motifs is 1. The summed E-state index contributed by atoms with van der Waals surface area (Å²) < 4.78 is 0. The highest BCUT2D eigenvalue weighted by molar-refractivity contribution is 7.81. The molecular weight excluding hydrogens is 259 g/mol. The zero-order chi connectivity index (χ0) is 14.0. The van der Waals surface area contributed by atoms with Gasteiger partial charge in [0.1, 0.15) is 5.30 Å². The SMILES string of the molecule is C[P+](C)(Cc1ccccc1)c1cccc2ccccc12. The normalized spacial score (nSPS) is 11.7. The summed E-state index contributed by atoms with van der Waals surface area (Å²) in [6, 6.07) is 26.3. The van der Waals surface area contributed by atoms with Crippen LogP contribution in [0.25, 0.3) is 10.8 Å². The molecule has 0 amide bonds. The standard InChI is InChI=1S/C19H20P/c1-20(2,15-16-9-4-3-5-10-16)19-14-8-12-17-11-6-7-13-18(17)19/h3-14H,15H2,1-2H3/q+1. The van der Waals surface area contributed by atoms with Crippen LogP contribution in [0.1, 0.15) is 5.56 Å². The third kappa shape index (κ3) is 2.62. The van der Waals surface area contributed by atoms with Crippen LogP contribution in [0.3, 0.4) is 0 Å². The first kappa shape index (κ1) is 13.3. The van der Waals surface area contributed by atoms with E-state index in [9.17, 15) is 0 Å². The maximum Gasteiger partial charge on any atom is 0.101 e. The number of rotatable bonds is 3. The second-order valence-electron chi connectivity index (χ2n) is 5.83. The molecule has 1 heteroatoms. The van der Waals surface area contributed by atoms with Crippen molar-refractivity contribution in [2.75, 3.05) is 13.3 Å². The van der Waals surface area contributed by atoms with E-state index in [1.54, 1.807) is 5.30 Å². The molecule has 0 unspecified atom stereocenters. The van der Waals surface area contributed by atoms with Gasteiger partial charge >= 0.3 is 0 Å². The maximum atomic E-state index is 2.45. The highest BCUT2D eigenvalue weighted by Gasteiger charge is 2.30. The number of benzene rings is 3. The molecule has 100 valence electrons. The van der Waals surface area contributed by atoms with Crippen molar-refractivity contribution in [2.24, 2.45) is 0 Å². The molecule has 0 aliphatic carbocycles. The van der Waals surface area contributed by atoms with E-state index in [2.05, 4.69) is 86.1 Å². The molecule has 0 spiro atoms. The fraction of sp³-hybridized carbons (Fsp3) is 0.158. The van der Waals surface area contributed by atoms with Gasteiger partial charge < -0.3 is 0 Å². The largest absolute Gasteiger partial charge is 0.101 e. The molecule has 0 heterocycles. The minimum atomic E-state index is -1.16. The van der Waals surface area contributed by atoms with Gasteiger partial charge in [0.15, 0.2) is 0 Å². The lowest BCUT2D eigenvalue weighted by molar-refractivity contribution is 1.38. The van der Waals surface area contributed by atoms with E-state index in [-0.39, 0.29) is 0 Å². The highest BCUT2D eigenvalue weighted by atomic mass is 31.2. The molecule has 3 rings (SSSR count). The second-order valence-corrected chi connectivity index (χ2v) is 10.00. The molecule has 3 aromatic rings. The molecule has 0 nitrogen and oxygen atoms in total. The Morgan fingerprint density at radius 2 is 1.35 bits per heavy atom. The third-order valence-electron chi connectivity index (χ3n) is 3.84. The van der Waals surface area contributed by atoms with Crippen LogP contribution in [-0.4, -0.2) is 13.3 Å². The monoisotopic (exact) mass is 279 g/mol. The lowest BCUT2D eigenvalue weighted by atomic mass is 10.1. The van der Waals surface area contributed by atoms with Crippen molar-refractivity contribution < 1.29 is 0 Å². The Hall–Kier alpha value is -1.65. The van der Waals surface area contributed by atoms with Gasteiger partial charge in [-0.05, 0) is 17.0 Å². The van der Waals surface area contributed by atoms with E-state index in [0.717, 1.165) is 0 Å². The lowest BCUT2D eigenvalue weighted by Gasteiger charge is -2.20. The van der Waals surface area contributed by atoms with Crippen molar-refractivity contribution >= 4 is 23.3 Å². The summed E-state index contributed by atoms with van der Waals surface area (Å²) in [6.07, 6.45) is 1.17. The third-order valence-corrected chi connectivity index (χ3v) is 6.69. The van der Waals surface area contributed by atoms with Gasteiger partial charge in [-0.25, -0.2) is 0 Å². The summed E-state index contributed by atoms with van der Waals surface area (Å²) in [7, 11) is -1.16. The van der Waals surface area contributed by atoms with Gasteiger partial charge in [-0.2, -0.15) is 0 Å². The molecule has 0 atom stereocenters. The predicted molar refractivity (Wildman–Crippen MR) is 92.5 cm³/mol. The van der Waals surface area contributed by atoms with Crippen LogP contribution >= 0.6 is 7.26 Å². The smallest absolute Gasteiger partial charge is 0.0622 e. The minimum Gasteiger partial charge on any atom is -0.0622 e. The first-order valence-electron chi connectivity index (χ1n) is 7.02. The van der Waals surface area contributed by atoms with Crippen LogP contribution < -0.4 is 5.30 Å². The Balaban J connectivity index is 2.05. The molecule has 20 heavy (non-hydrogen) atoms. The van der Waals surface area contributed by atoms with Gasteiger partial charge in [0.2, 0.25) is 0 Å². The van der Waals surface area contributed by atoms with Gasteiger partial charge in [-0.3, -0.25) is 0 Å². The topological polar surface area (TPSA) is 0 Å². The maximum absolute atomic E-state index is 2.45. The van der Waals surface area contributed by atoms with Crippen LogP contribution in [0.15, 0.2) is 72.8 Å². The number of hydrogen-bond donors (Lipinski definition) is 0.